The fourth-order valence-corrected chi connectivity index (χ4v) is 3.83. The van der Waals surface area contributed by atoms with Gasteiger partial charge in [-0.25, -0.2) is 9.37 Å². The zero-order chi connectivity index (χ0) is 22.2. The first kappa shape index (κ1) is 19.6. The summed E-state index contributed by atoms with van der Waals surface area (Å²) in [6.07, 6.45) is 3.43. The van der Waals surface area contributed by atoms with Gasteiger partial charge >= 0.3 is 0 Å². The van der Waals surface area contributed by atoms with Gasteiger partial charge in [0.15, 0.2) is 0 Å². The molecule has 2 aromatic carbocycles. The van der Waals surface area contributed by atoms with Gasteiger partial charge in [-0.15, -0.1) is 0 Å². The van der Waals surface area contributed by atoms with Crippen LogP contribution in [-0.2, 0) is 22.6 Å². The summed E-state index contributed by atoms with van der Waals surface area (Å²) >= 11 is 0. The van der Waals surface area contributed by atoms with E-state index < -0.39 is 11.7 Å². The van der Waals surface area contributed by atoms with E-state index in [4.69, 9.17) is 0 Å². The molecule has 0 saturated carbocycles. The van der Waals surface area contributed by atoms with Crippen LogP contribution in [0.25, 0.3) is 11.0 Å². The smallest absolute Gasteiger partial charge is 0.296 e. The van der Waals surface area contributed by atoms with Crippen molar-refractivity contribution in [1.82, 2.24) is 9.55 Å². The molecule has 2 aromatic heterocycles. The van der Waals surface area contributed by atoms with Crippen LogP contribution in [0, 0.1) is 5.82 Å². The number of nitrogens with one attached hydrogen (secondary N) is 2. The highest BCUT2D eigenvalue weighted by atomic mass is 19.1. The van der Waals surface area contributed by atoms with Crippen molar-refractivity contribution in [3.8, 4) is 0 Å². The molecule has 2 amide bonds. The number of Topliss-reactive ketones (excluding diaryl/α,β-unsaturated/α-hetero) is 1. The van der Waals surface area contributed by atoms with Gasteiger partial charge in [-0.3, -0.25) is 14.4 Å². The lowest BCUT2D eigenvalue weighted by Crippen LogP contribution is -2.22. The standard InChI is InChI=1S/C24H17FN4O3/c25-16-5-3-14(4-6-16)12-29-13-19(18-2-1-9-26-23(18)29)22(31)24(32)27-17-7-8-20-15(10-17)11-21(30)28-20/h1-10,13H,11-12H2,(H,27,32)(H,28,30). The Kier molecular flexibility index (Phi) is 4.74. The largest absolute Gasteiger partial charge is 0.327 e. The molecule has 8 heteroatoms. The molecule has 158 valence electrons. The first-order chi connectivity index (χ1) is 15.5. The van der Waals surface area contributed by atoms with Gasteiger partial charge in [-0.2, -0.15) is 0 Å². The zero-order valence-corrected chi connectivity index (χ0v) is 16.8. The topological polar surface area (TPSA) is 93.1 Å². The fourth-order valence-electron chi connectivity index (χ4n) is 3.83. The second-order valence-electron chi connectivity index (χ2n) is 7.55. The number of carbonyl (C=O) groups is 3. The number of pyridine rings is 1. The van der Waals surface area contributed by atoms with Crippen molar-refractivity contribution in [3.63, 3.8) is 0 Å². The van der Waals surface area contributed by atoms with Crippen molar-refractivity contribution in [1.29, 1.82) is 0 Å². The summed E-state index contributed by atoms with van der Waals surface area (Å²) in [7, 11) is 0. The Morgan fingerprint density at radius 2 is 1.94 bits per heavy atom. The summed E-state index contributed by atoms with van der Waals surface area (Å²) in [5.41, 5.74) is 3.51. The molecule has 0 bridgehead atoms. The van der Waals surface area contributed by atoms with Gasteiger partial charge in [-0.1, -0.05) is 12.1 Å². The lowest BCUT2D eigenvalue weighted by Gasteiger charge is -2.06. The van der Waals surface area contributed by atoms with E-state index in [0.29, 0.717) is 29.0 Å². The normalized spacial score (nSPS) is 12.5. The van der Waals surface area contributed by atoms with E-state index in [1.54, 1.807) is 59.4 Å². The Balaban J connectivity index is 1.42. The molecule has 0 spiro atoms. The maximum absolute atomic E-state index is 13.2. The second kappa shape index (κ2) is 7.73. The number of hydrogen-bond acceptors (Lipinski definition) is 4. The maximum atomic E-state index is 13.2. The van der Waals surface area contributed by atoms with Gasteiger partial charge in [0.25, 0.3) is 11.7 Å². The molecule has 0 radical (unpaired) electrons. The molecule has 1 aliphatic rings. The molecule has 0 aliphatic carbocycles. The van der Waals surface area contributed by atoms with Crippen LogP contribution in [-0.4, -0.2) is 27.1 Å². The van der Waals surface area contributed by atoms with Crippen LogP contribution in [0.3, 0.4) is 0 Å². The average molecular weight is 428 g/mol. The molecule has 3 heterocycles. The molecule has 5 rings (SSSR count). The Morgan fingerprint density at radius 1 is 1.12 bits per heavy atom. The van der Waals surface area contributed by atoms with E-state index in [0.717, 1.165) is 11.1 Å². The lowest BCUT2D eigenvalue weighted by atomic mass is 10.1. The zero-order valence-electron chi connectivity index (χ0n) is 16.8. The van der Waals surface area contributed by atoms with Crippen molar-refractivity contribution >= 4 is 40.0 Å². The van der Waals surface area contributed by atoms with Crippen molar-refractivity contribution in [3.05, 3.63) is 89.5 Å². The van der Waals surface area contributed by atoms with Gasteiger partial charge in [0, 0.05) is 35.7 Å². The Bertz CT molecular complexity index is 1390. The summed E-state index contributed by atoms with van der Waals surface area (Å²) in [6, 6.07) is 14.5. The monoisotopic (exact) mass is 428 g/mol. The van der Waals surface area contributed by atoms with E-state index in [-0.39, 0.29) is 23.7 Å². The van der Waals surface area contributed by atoms with Crippen LogP contribution >= 0.6 is 0 Å². The predicted molar refractivity (Wildman–Crippen MR) is 117 cm³/mol. The van der Waals surface area contributed by atoms with Crippen LogP contribution in [0.4, 0.5) is 15.8 Å². The average Bonchev–Trinajstić information content (AvgIpc) is 3.34. The third-order valence-corrected chi connectivity index (χ3v) is 5.34. The van der Waals surface area contributed by atoms with Gasteiger partial charge < -0.3 is 15.2 Å². The number of benzene rings is 2. The third kappa shape index (κ3) is 3.62. The van der Waals surface area contributed by atoms with Gasteiger partial charge in [0.1, 0.15) is 11.5 Å². The molecule has 4 aromatic rings. The molecule has 32 heavy (non-hydrogen) atoms. The van der Waals surface area contributed by atoms with Crippen molar-refractivity contribution < 1.29 is 18.8 Å². The van der Waals surface area contributed by atoms with Crippen LogP contribution in [0.1, 0.15) is 21.5 Å². The number of hydrogen-bond donors (Lipinski definition) is 2. The third-order valence-electron chi connectivity index (χ3n) is 5.34. The minimum absolute atomic E-state index is 0.110. The number of fused-ring (bicyclic) bond motifs is 2. The molecule has 0 saturated heterocycles. The molecule has 0 fully saturated rings. The second-order valence-corrected chi connectivity index (χ2v) is 7.55. The summed E-state index contributed by atoms with van der Waals surface area (Å²) in [6.45, 7) is 0.370. The first-order valence-corrected chi connectivity index (χ1v) is 9.95. The van der Waals surface area contributed by atoms with Crippen molar-refractivity contribution in [2.24, 2.45) is 0 Å². The molecule has 0 atom stereocenters. The van der Waals surface area contributed by atoms with E-state index in [2.05, 4.69) is 15.6 Å². The molecule has 7 nitrogen and oxygen atoms in total. The lowest BCUT2D eigenvalue weighted by molar-refractivity contribution is -0.115. The van der Waals surface area contributed by atoms with Gasteiger partial charge in [0.2, 0.25) is 5.91 Å². The van der Waals surface area contributed by atoms with Crippen LogP contribution in [0.2, 0.25) is 0 Å². The van der Waals surface area contributed by atoms with Crippen molar-refractivity contribution in [2.75, 3.05) is 10.6 Å². The number of carbonyl (C=O) groups excluding carboxylic acids is 3. The summed E-state index contributed by atoms with van der Waals surface area (Å²) < 4.78 is 15.0. The summed E-state index contributed by atoms with van der Waals surface area (Å²) in [5, 5.41) is 5.89. The van der Waals surface area contributed by atoms with E-state index in [1.165, 1.54) is 12.1 Å². The van der Waals surface area contributed by atoms with Crippen LogP contribution in [0.15, 0.2) is 67.0 Å². The SMILES string of the molecule is O=C1Cc2cc(NC(=O)C(=O)c3cn(Cc4ccc(F)cc4)c4ncccc34)ccc2N1. The summed E-state index contributed by atoms with van der Waals surface area (Å²) in [4.78, 5) is 41.6. The van der Waals surface area contributed by atoms with Crippen LogP contribution < -0.4 is 10.6 Å². The number of anilines is 2. The quantitative estimate of drug-likeness (QED) is 0.376. The number of aromatic nitrogens is 2. The van der Waals surface area contributed by atoms with Crippen LogP contribution in [0.5, 0.6) is 0 Å². The highest BCUT2D eigenvalue weighted by molar-refractivity contribution is 6.48. The Morgan fingerprint density at radius 3 is 2.75 bits per heavy atom. The predicted octanol–water partition coefficient (Wildman–Crippen LogP) is 3.54. The van der Waals surface area contributed by atoms with Gasteiger partial charge in [-0.05, 0) is 53.6 Å². The van der Waals surface area contributed by atoms with E-state index >= 15 is 0 Å². The highest BCUT2D eigenvalue weighted by Crippen LogP contribution is 2.26. The first-order valence-electron chi connectivity index (χ1n) is 9.95. The Hall–Kier alpha value is -4.33. The number of nitrogens with zero attached hydrogens (tertiary/aromatic N) is 2. The number of ketones is 1. The summed E-state index contributed by atoms with van der Waals surface area (Å²) in [5.74, 6) is -1.92. The molecule has 2 N–H and O–H groups in total. The van der Waals surface area contributed by atoms with Crippen molar-refractivity contribution in [2.45, 2.75) is 13.0 Å². The van der Waals surface area contributed by atoms with E-state index in [9.17, 15) is 18.8 Å². The minimum atomic E-state index is -0.785. The number of rotatable bonds is 5. The molecular formula is C24H17FN4O3. The Labute approximate surface area is 181 Å². The fraction of sp³-hybridized carbons (Fsp3) is 0.0833. The number of halogens is 1. The van der Waals surface area contributed by atoms with E-state index in [1.807, 2.05) is 0 Å². The number of amides is 2. The van der Waals surface area contributed by atoms with Gasteiger partial charge in [0.05, 0.1) is 12.0 Å². The molecular weight excluding hydrogens is 411 g/mol. The minimum Gasteiger partial charge on any atom is -0.327 e. The highest BCUT2D eigenvalue weighted by Gasteiger charge is 2.23. The molecule has 0 unspecified atom stereocenters. The maximum Gasteiger partial charge on any atom is 0.296 e. The molecule has 1 aliphatic heterocycles.